The second-order valence-corrected chi connectivity index (χ2v) is 15.1. The number of fused-ring (bicyclic) bond motifs is 2. The van der Waals surface area contributed by atoms with Gasteiger partial charge in [-0.2, -0.15) is 0 Å². The SMILES string of the molecule is O=C1OCC2O[C@H](OC(=O)c3cc(O)c(O)c(O)c3)C(OC(=O)c3cc(O)c(O)c(O)c3)[C@@H](OC(=O)c3cc(O)c(O)c(O)c3)[C@@H]2OC(=O)c2cc(O)c(O)c3c2[C@H]2C1=CC(=O)[C@@](O)(O3)C2(O)O. The Kier molecular flexibility index (Phi) is 10.7. The maximum Gasteiger partial charge on any atom is 0.340 e. The molecule has 0 spiro atoms. The number of hydrogen-bond donors (Lipinski definition) is 14. The van der Waals surface area contributed by atoms with Crippen LogP contribution in [0, 0.1) is 0 Å². The normalized spacial score (nSPS) is 24.6. The highest BCUT2D eigenvalue weighted by Crippen LogP contribution is 2.58. The highest BCUT2D eigenvalue weighted by Gasteiger charge is 2.70. The number of ether oxygens (including phenoxy) is 7. The Labute approximate surface area is 374 Å². The number of esters is 5. The van der Waals surface area contributed by atoms with Gasteiger partial charge >= 0.3 is 35.6 Å². The summed E-state index contributed by atoms with van der Waals surface area (Å²) in [6.07, 6.45) is -12.0. The van der Waals surface area contributed by atoms with Gasteiger partial charge in [-0.25, -0.2) is 24.0 Å². The summed E-state index contributed by atoms with van der Waals surface area (Å²) in [6.45, 7) is -1.30. The number of carbonyl (C=O) groups is 6. The third-order valence-electron chi connectivity index (χ3n) is 10.9. The van der Waals surface area contributed by atoms with Gasteiger partial charge < -0.3 is 105 Å². The number of phenolic OH excluding ortho intramolecular Hbond substituents is 11. The fourth-order valence-electron chi connectivity index (χ4n) is 7.59. The van der Waals surface area contributed by atoms with Crippen LogP contribution in [-0.4, -0.2) is 156 Å². The first-order valence-electron chi connectivity index (χ1n) is 19.0. The summed E-state index contributed by atoms with van der Waals surface area (Å²) in [5.74, 6) is -34.2. The first-order chi connectivity index (χ1) is 31.8. The van der Waals surface area contributed by atoms with E-state index in [1.807, 2.05) is 0 Å². The number of rotatable bonds is 6. The van der Waals surface area contributed by atoms with Gasteiger partial charge in [0.2, 0.25) is 23.9 Å². The van der Waals surface area contributed by atoms with Crippen LogP contribution in [-0.2, 0) is 38.0 Å². The molecule has 8 rings (SSSR count). The van der Waals surface area contributed by atoms with Gasteiger partial charge in [0.25, 0.3) is 5.79 Å². The molecular formula is C41H30O27. The zero-order valence-corrected chi connectivity index (χ0v) is 33.4. The Morgan fingerprint density at radius 2 is 1.01 bits per heavy atom. The second-order valence-electron chi connectivity index (χ2n) is 15.1. The maximum absolute atomic E-state index is 14.5. The number of aliphatic hydroxyl groups is 3. The lowest BCUT2D eigenvalue weighted by Crippen LogP contribution is -2.70. The van der Waals surface area contributed by atoms with Crippen LogP contribution in [0.3, 0.4) is 0 Å². The van der Waals surface area contributed by atoms with E-state index in [0.717, 1.165) is 0 Å². The van der Waals surface area contributed by atoms with Crippen molar-refractivity contribution in [2.24, 2.45) is 0 Å². The molecule has 3 aliphatic heterocycles. The molecule has 4 aliphatic rings. The van der Waals surface area contributed by atoms with Crippen molar-refractivity contribution >= 4 is 35.6 Å². The van der Waals surface area contributed by atoms with Crippen molar-refractivity contribution in [1.82, 2.24) is 0 Å². The zero-order chi connectivity index (χ0) is 49.6. The molecule has 1 fully saturated rings. The maximum atomic E-state index is 14.5. The zero-order valence-electron chi connectivity index (χ0n) is 33.4. The quantitative estimate of drug-likeness (QED) is 0.0473. The van der Waals surface area contributed by atoms with Gasteiger partial charge in [-0.1, -0.05) is 0 Å². The number of phenols is 11. The van der Waals surface area contributed by atoms with Crippen LogP contribution in [0.2, 0.25) is 0 Å². The van der Waals surface area contributed by atoms with Crippen molar-refractivity contribution in [2.45, 2.75) is 48.2 Å². The Balaban J connectivity index is 1.32. The van der Waals surface area contributed by atoms with Crippen LogP contribution in [0.4, 0.5) is 0 Å². The number of hydrogen-bond acceptors (Lipinski definition) is 27. The standard InChI is InChI=1S/C41H30O27/c42-15-1-10(2-16(43)26(15)50)34(54)65-32-30-22(9-62-37(57)14-8-23(49)41(61)40(59,60)25(14)24-13(38(58)64-30)7-21(48)29(53)31(24)68-41)63-39(67-36(56)12-5-19(46)28(52)20(47)6-12)33(32)66-35(55)11-3-17(44)27(51)18(45)4-11/h1-8,22,25,30,32-33,39,42-48,50-53,59-61H,9H2/t22?,25-,30-,32+,33?,39-,41-/m1/s1. The lowest BCUT2D eigenvalue weighted by atomic mass is 9.70. The average molecular weight is 955 g/mol. The van der Waals surface area contributed by atoms with Crippen molar-refractivity contribution in [3.05, 3.63) is 81.9 Å². The molecule has 27 nitrogen and oxygen atoms in total. The van der Waals surface area contributed by atoms with Gasteiger partial charge in [-0.3, -0.25) is 4.79 Å². The van der Waals surface area contributed by atoms with E-state index in [2.05, 4.69) is 0 Å². The van der Waals surface area contributed by atoms with E-state index in [9.17, 15) is 100 Å². The van der Waals surface area contributed by atoms with E-state index in [4.69, 9.17) is 33.2 Å². The van der Waals surface area contributed by atoms with Crippen LogP contribution < -0.4 is 4.74 Å². The molecule has 0 aromatic heterocycles. The van der Waals surface area contributed by atoms with Gasteiger partial charge in [0.15, 0.2) is 75.5 Å². The molecule has 68 heavy (non-hydrogen) atoms. The Bertz CT molecular complexity index is 2870. The Hall–Kier alpha value is -8.92. The average Bonchev–Trinajstić information content (AvgIpc) is 3.28. The summed E-state index contributed by atoms with van der Waals surface area (Å²) in [5.41, 5.74) is -5.52. The van der Waals surface area contributed by atoms with Gasteiger partial charge in [0.1, 0.15) is 12.7 Å². The minimum atomic E-state index is -3.90. The molecule has 1 saturated heterocycles. The highest BCUT2D eigenvalue weighted by molar-refractivity contribution is 6.08. The van der Waals surface area contributed by atoms with E-state index in [0.29, 0.717) is 48.5 Å². The molecule has 27 heteroatoms. The monoisotopic (exact) mass is 954 g/mol. The fourth-order valence-corrected chi connectivity index (χ4v) is 7.59. The largest absolute Gasteiger partial charge is 0.504 e. The number of ketones is 1. The highest BCUT2D eigenvalue weighted by atomic mass is 16.7. The number of aromatic hydroxyl groups is 11. The molecule has 2 bridgehead atoms. The van der Waals surface area contributed by atoms with Crippen LogP contribution >= 0.6 is 0 Å². The Morgan fingerprint density at radius 3 is 1.50 bits per heavy atom. The van der Waals surface area contributed by atoms with Crippen LogP contribution in [0.15, 0.2) is 54.1 Å². The second kappa shape index (κ2) is 15.9. The van der Waals surface area contributed by atoms with Gasteiger partial charge in [0, 0.05) is 5.56 Å². The molecule has 4 aromatic carbocycles. The molecule has 0 radical (unpaired) electrons. The summed E-state index contributed by atoms with van der Waals surface area (Å²) in [6, 6.07) is 3.66. The summed E-state index contributed by atoms with van der Waals surface area (Å²) in [7, 11) is 0. The van der Waals surface area contributed by atoms with Gasteiger partial charge in [-0.05, 0) is 48.5 Å². The molecule has 2 unspecified atom stereocenters. The van der Waals surface area contributed by atoms with Crippen LogP contribution in [0.1, 0.15) is 52.9 Å². The van der Waals surface area contributed by atoms with Gasteiger partial charge in [0.05, 0.1) is 33.7 Å². The molecule has 7 atom stereocenters. The summed E-state index contributed by atoms with van der Waals surface area (Å²) in [5, 5.41) is 146. The number of carbonyl (C=O) groups excluding carboxylic acids is 6. The minimum Gasteiger partial charge on any atom is -0.504 e. The molecule has 14 N–H and O–H groups in total. The molecule has 1 aliphatic carbocycles. The smallest absolute Gasteiger partial charge is 0.340 e. The molecular weight excluding hydrogens is 924 g/mol. The first-order valence-corrected chi connectivity index (χ1v) is 19.0. The van der Waals surface area contributed by atoms with Crippen molar-refractivity contribution in [1.29, 1.82) is 0 Å². The lowest BCUT2D eigenvalue weighted by molar-refractivity contribution is -0.339. The number of cyclic esters (lactones) is 1. The van der Waals surface area contributed by atoms with Crippen molar-refractivity contribution < 1.29 is 133 Å². The van der Waals surface area contributed by atoms with E-state index >= 15 is 0 Å². The van der Waals surface area contributed by atoms with Crippen LogP contribution in [0.25, 0.3) is 0 Å². The predicted octanol–water partition coefficient (Wildman–Crippen LogP) is -1.08. The lowest BCUT2D eigenvalue weighted by Gasteiger charge is -2.49. The third kappa shape index (κ3) is 7.18. The summed E-state index contributed by atoms with van der Waals surface area (Å²) < 4.78 is 38.6. The van der Waals surface area contributed by atoms with E-state index in [1.165, 1.54) is 0 Å². The van der Waals surface area contributed by atoms with Crippen LogP contribution in [0.5, 0.6) is 69.0 Å². The summed E-state index contributed by atoms with van der Waals surface area (Å²) >= 11 is 0. The minimum absolute atomic E-state index is 0.325. The van der Waals surface area contributed by atoms with Crippen molar-refractivity contribution in [3.8, 4) is 69.0 Å². The van der Waals surface area contributed by atoms with E-state index < -0.39 is 193 Å². The molecule has 4 aromatic rings. The molecule has 0 amide bonds. The first kappa shape index (κ1) is 45.6. The predicted molar refractivity (Wildman–Crippen MR) is 205 cm³/mol. The summed E-state index contributed by atoms with van der Waals surface area (Å²) in [4.78, 5) is 83.2. The number of benzene rings is 4. The van der Waals surface area contributed by atoms with Crippen molar-refractivity contribution in [3.63, 3.8) is 0 Å². The van der Waals surface area contributed by atoms with E-state index in [-0.39, 0.29) is 0 Å². The molecule has 0 saturated carbocycles. The molecule has 3 heterocycles. The molecule has 356 valence electrons. The Morgan fingerprint density at radius 1 is 0.574 bits per heavy atom. The van der Waals surface area contributed by atoms with E-state index in [1.54, 1.807) is 0 Å². The third-order valence-corrected chi connectivity index (χ3v) is 10.9. The van der Waals surface area contributed by atoms with Crippen molar-refractivity contribution in [2.75, 3.05) is 6.61 Å². The fraction of sp³-hybridized carbons (Fsp3) is 0.220. The van der Waals surface area contributed by atoms with Gasteiger partial charge in [-0.15, -0.1) is 0 Å². The topological polar surface area (TPSA) is 450 Å².